The van der Waals surface area contributed by atoms with Gasteiger partial charge < -0.3 is 5.11 Å². The molecule has 1 fully saturated rings. The lowest BCUT2D eigenvalue weighted by Crippen LogP contribution is -2.50. The first-order valence-electron chi connectivity index (χ1n) is 5.24. The fourth-order valence-electron chi connectivity index (χ4n) is 2.09. The number of hydrogen-bond donors (Lipinski definition) is 1. The molecule has 1 aliphatic heterocycles. The highest BCUT2D eigenvalue weighted by Crippen LogP contribution is 2.29. The SMILES string of the molecule is C[C@@H](c1ccccc1)N1CC[C@H]1CO. The first-order valence-corrected chi connectivity index (χ1v) is 5.24. The van der Waals surface area contributed by atoms with Crippen LogP contribution in [-0.4, -0.2) is 29.2 Å². The quantitative estimate of drug-likeness (QED) is 0.787. The Morgan fingerprint density at radius 1 is 1.43 bits per heavy atom. The number of hydrogen-bond acceptors (Lipinski definition) is 2. The van der Waals surface area contributed by atoms with Crippen molar-refractivity contribution in [3.05, 3.63) is 35.9 Å². The van der Waals surface area contributed by atoms with Gasteiger partial charge in [0.2, 0.25) is 0 Å². The highest BCUT2D eigenvalue weighted by atomic mass is 16.3. The number of rotatable bonds is 3. The summed E-state index contributed by atoms with van der Waals surface area (Å²) in [6, 6.07) is 11.3. The van der Waals surface area contributed by atoms with E-state index in [4.69, 9.17) is 5.11 Å². The lowest BCUT2D eigenvalue weighted by molar-refractivity contribution is 0.0104. The van der Waals surface area contributed by atoms with Crippen molar-refractivity contribution >= 4 is 0 Å². The second-order valence-corrected chi connectivity index (χ2v) is 3.95. The normalized spacial score (nSPS) is 24.3. The lowest BCUT2D eigenvalue weighted by Gasteiger charge is -2.44. The first-order chi connectivity index (χ1) is 6.83. The third-order valence-electron chi connectivity index (χ3n) is 3.18. The van der Waals surface area contributed by atoms with Crippen molar-refractivity contribution in [2.24, 2.45) is 0 Å². The predicted octanol–water partition coefficient (Wildman–Crippen LogP) is 1.81. The van der Waals surface area contributed by atoms with E-state index in [1.807, 2.05) is 6.07 Å². The van der Waals surface area contributed by atoms with E-state index >= 15 is 0 Å². The molecule has 1 aromatic carbocycles. The maximum absolute atomic E-state index is 9.11. The van der Waals surface area contributed by atoms with Gasteiger partial charge in [0.05, 0.1) is 6.61 Å². The lowest BCUT2D eigenvalue weighted by atomic mass is 9.97. The Labute approximate surface area is 85.2 Å². The molecule has 1 aliphatic rings. The van der Waals surface area contributed by atoms with Crippen LogP contribution in [0.25, 0.3) is 0 Å². The molecule has 2 heteroatoms. The van der Waals surface area contributed by atoms with Crippen molar-refractivity contribution in [3.8, 4) is 0 Å². The van der Waals surface area contributed by atoms with Crippen LogP contribution >= 0.6 is 0 Å². The summed E-state index contributed by atoms with van der Waals surface area (Å²) in [5, 5.41) is 9.11. The summed E-state index contributed by atoms with van der Waals surface area (Å²) in [7, 11) is 0. The van der Waals surface area contributed by atoms with Crippen LogP contribution in [0.5, 0.6) is 0 Å². The fraction of sp³-hybridized carbons (Fsp3) is 0.500. The second kappa shape index (κ2) is 4.11. The van der Waals surface area contributed by atoms with Gasteiger partial charge in [-0.2, -0.15) is 0 Å². The maximum atomic E-state index is 9.11. The van der Waals surface area contributed by atoms with E-state index < -0.39 is 0 Å². The van der Waals surface area contributed by atoms with Crippen molar-refractivity contribution < 1.29 is 5.11 Å². The van der Waals surface area contributed by atoms with Crippen LogP contribution in [0.15, 0.2) is 30.3 Å². The van der Waals surface area contributed by atoms with Gasteiger partial charge in [0.25, 0.3) is 0 Å². The van der Waals surface area contributed by atoms with Crippen molar-refractivity contribution in [3.63, 3.8) is 0 Å². The minimum absolute atomic E-state index is 0.289. The Kier molecular flexibility index (Phi) is 2.85. The molecule has 0 saturated carbocycles. The molecule has 2 nitrogen and oxygen atoms in total. The molecule has 0 bridgehead atoms. The molecule has 1 aromatic rings. The molecule has 0 radical (unpaired) electrons. The van der Waals surface area contributed by atoms with Gasteiger partial charge in [0.15, 0.2) is 0 Å². The average molecular weight is 191 g/mol. The molecule has 1 N–H and O–H groups in total. The van der Waals surface area contributed by atoms with Crippen molar-refractivity contribution in [1.82, 2.24) is 4.90 Å². The second-order valence-electron chi connectivity index (χ2n) is 3.95. The minimum Gasteiger partial charge on any atom is -0.395 e. The van der Waals surface area contributed by atoms with Gasteiger partial charge in [-0.15, -0.1) is 0 Å². The van der Waals surface area contributed by atoms with Gasteiger partial charge >= 0.3 is 0 Å². The van der Waals surface area contributed by atoms with E-state index in [1.165, 1.54) is 5.56 Å². The molecule has 1 heterocycles. The summed E-state index contributed by atoms with van der Waals surface area (Å²) < 4.78 is 0. The predicted molar refractivity (Wildman–Crippen MR) is 57.1 cm³/mol. The van der Waals surface area contributed by atoms with Gasteiger partial charge in [-0.05, 0) is 18.9 Å². The van der Waals surface area contributed by atoms with E-state index in [0.29, 0.717) is 12.1 Å². The summed E-state index contributed by atoms with van der Waals surface area (Å²) in [6.45, 7) is 3.61. The monoisotopic (exact) mass is 191 g/mol. The summed E-state index contributed by atoms with van der Waals surface area (Å²) >= 11 is 0. The summed E-state index contributed by atoms with van der Waals surface area (Å²) in [4.78, 5) is 2.36. The van der Waals surface area contributed by atoms with E-state index in [-0.39, 0.29) is 6.61 Å². The third kappa shape index (κ3) is 1.68. The van der Waals surface area contributed by atoms with Gasteiger partial charge in [-0.3, -0.25) is 4.90 Å². The Morgan fingerprint density at radius 2 is 2.14 bits per heavy atom. The van der Waals surface area contributed by atoms with Crippen molar-refractivity contribution in [2.45, 2.75) is 25.4 Å². The highest BCUT2D eigenvalue weighted by molar-refractivity contribution is 5.19. The van der Waals surface area contributed by atoms with Crippen LogP contribution in [0.2, 0.25) is 0 Å². The largest absolute Gasteiger partial charge is 0.395 e. The van der Waals surface area contributed by atoms with E-state index in [2.05, 4.69) is 36.1 Å². The smallest absolute Gasteiger partial charge is 0.0587 e. The molecule has 0 spiro atoms. The summed E-state index contributed by atoms with van der Waals surface area (Å²) in [5.74, 6) is 0. The Hall–Kier alpha value is -0.860. The number of likely N-dealkylation sites (tertiary alicyclic amines) is 1. The van der Waals surface area contributed by atoms with Crippen LogP contribution < -0.4 is 0 Å². The third-order valence-corrected chi connectivity index (χ3v) is 3.18. The average Bonchev–Trinajstić information content (AvgIpc) is 2.18. The molecule has 2 rings (SSSR count). The minimum atomic E-state index is 0.289. The Bertz CT molecular complexity index is 284. The molecule has 0 unspecified atom stereocenters. The molecule has 76 valence electrons. The zero-order valence-electron chi connectivity index (χ0n) is 8.56. The highest BCUT2D eigenvalue weighted by Gasteiger charge is 2.31. The molecule has 0 aliphatic carbocycles. The maximum Gasteiger partial charge on any atom is 0.0587 e. The first kappa shape index (κ1) is 9.69. The van der Waals surface area contributed by atoms with Crippen LogP contribution in [0.1, 0.15) is 24.9 Å². The molecule has 2 atom stereocenters. The van der Waals surface area contributed by atoms with Gasteiger partial charge in [0.1, 0.15) is 0 Å². The van der Waals surface area contributed by atoms with Gasteiger partial charge in [0, 0.05) is 18.6 Å². The summed E-state index contributed by atoms with van der Waals surface area (Å²) in [6.07, 6.45) is 1.13. The fourth-order valence-corrected chi connectivity index (χ4v) is 2.09. The molecular formula is C12H17NO. The zero-order valence-corrected chi connectivity index (χ0v) is 8.56. The molecule has 1 saturated heterocycles. The van der Waals surface area contributed by atoms with Crippen LogP contribution in [0.3, 0.4) is 0 Å². The number of nitrogens with zero attached hydrogens (tertiary/aromatic N) is 1. The number of aliphatic hydroxyl groups is 1. The van der Waals surface area contributed by atoms with E-state index in [0.717, 1.165) is 13.0 Å². The van der Waals surface area contributed by atoms with Gasteiger partial charge in [-0.1, -0.05) is 30.3 Å². The van der Waals surface area contributed by atoms with Crippen molar-refractivity contribution in [2.75, 3.05) is 13.2 Å². The molecule has 14 heavy (non-hydrogen) atoms. The topological polar surface area (TPSA) is 23.5 Å². The van der Waals surface area contributed by atoms with E-state index in [9.17, 15) is 0 Å². The standard InChI is InChI=1S/C12H17NO/c1-10(11-5-3-2-4-6-11)13-8-7-12(13)9-14/h2-6,10,12,14H,7-9H2,1H3/t10-,12-/m0/s1. The number of aliphatic hydroxyl groups excluding tert-OH is 1. The van der Waals surface area contributed by atoms with Crippen molar-refractivity contribution in [1.29, 1.82) is 0 Å². The number of benzene rings is 1. The Morgan fingerprint density at radius 3 is 2.64 bits per heavy atom. The molecule has 0 amide bonds. The molecular weight excluding hydrogens is 174 g/mol. The zero-order chi connectivity index (χ0) is 9.97. The van der Waals surface area contributed by atoms with Crippen LogP contribution in [0.4, 0.5) is 0 Å². The Balaban J connectivity index is 2.05. The summed E-state index contributed by atoms with van der Waals surface area (Å²) in [5.41, 5.74) is 1.34. The van der Waals surface area contributed by atoms with Crippen LogP contribution in [-0.2, 0) is 0 Å². The van der Waals surface area contributed by atoms with Crippen LogP contribution in [0, 0.1) is 0 Å². The molecule has 0 aromatic heterocycles. The van der Waals surface area contributed by atoms with Gasteiger partial charge in [-0.25, -0.2) is 0 Å². The van der Waals surface area contributed by atoms with E-state index in [1.54, 1.807) is 0 Å².